The molecule has 122 valence electrons. The quantitative estimate of drug-likeness (QED) is 0.880. The molecule has 1 aromatic carbocycles. The van der Waals surface area contributed by atoms with E-state index in [9.17, 15) is 14.0 Å². The number of carboxylic acids is 1. The number of nitrogens with zero attached hydrogens (tertiary/aromatic N) is 1. The number of nitrogens with one attached hydrogen (secondary N) is 1. The van der Waals surface area contributed by atoms with Crippen LogP contribution in [0.1, 0.15) is 21.7 Å². The maximum atomic E-state index is 12.7. The average Bonchev–Trinajstić information content (AvgIpc) is 2.80. The second-order valence-electron chi connectivity index (χ2n) is 5.12. The van der Waals surface area contributed by atoms with Gasteiger partial charge in [0.25, 0.3) is 5.91 Å². The summed E-state index contributed by atoms with van der Waals surface area (Å²) in [6.45, 7) is 2.39. The van der Waals surface area contributed by atoms with Crippen molar-refractivity contribution in [1.29, 1.82) is 0 Å². The number of benzene rings is 1. The molecule has 0 spiro atoms. The first-order valence-corrected chi connectivity index (χ1v) is 7.27. The summed E-state index contributed by atoms with van der Waals surface area (Å²) in [6.07, 6.45) is 0. The molecule has 1 heterocycles. The maximum absolute atomic E-state index is 12.7. The van der Waals surface area contributed by atoms with E-state index >= 15 is 0 Å². The van der Waals surface area contributed by atoms with Gasteiger partial charge < -0.3 is 15.0 Å². The molecule has 23 heavy (non-hydrogen) atoms. The Morgan fingerprint density at radius 2 is 1.91 bits per heavy atom. The van der Waals surface area contributed by atoms with Crippen LogP contribution in [0.2, 0.25) is 5.02 Å². The predicted octanol–water partition coefficient (Wildman–Crippen LogP) is 2.90. The van der Waals surface area contributed by atoms with Crippen LogP contribution in [0.15, 0.2) is 30.3 Å². The highest BCUT2D eigenvalue weighted by Gasteiger charge is 2.23. The van der Waals surface area contributed by atoms with Gasteiger partial charge in [0.15, 0.2) is 6.04 Å². The third kappa shape index (κ3) is 3.53. The van der Waals surface area contributed by atoms with Crippen LogP contribution in [0.4, 0.5) is 4.39 Å². The Labute approximate surface area is 137 Å². The summed E-state index contributed by atoms with van der Waals surface area (Å²) in [4.78, 5) is 23.1. The lowest BCUT2D eigenvalue weighted by atomic mass is 10.2. The zero-order valence-electron chi connectivity index (χ0n) is 12.6. The van der Waals surface area contributed by atoms with Crippen molar-refractivity contribution < 1.29 is 19.1 Å². The lowest BCUT2D eigenvalue weighted by Gasteiger charge is -2.12. The number of aliphatic carboxylic acids is 1. The van der Waals surface area contributed by atoms with Crippen molar-refractivity contribution in [2.75, 3.05) is 6.67 Å². The molecule has 2 rings (SSSR count). The van der Waals surface area contributed by atoms with Crippen molar-refractivity contribution in [2.45, 2.75) is 19.9 Å². The Hall–Kier alpha value is -2.34. The van der Waals surface area contributed by atoms with Crippen LogP contribution in [-0.2, 0) is 4.79 Å². The number of carboxylic acid groups (broad SMARTS) is 1. The molecule has 1 unspecified atom stereocenters. The third-order valence-electron chi connectivity index (χ3n) is 3.52. The first-order valence-electron chi connectivity index (χ1n) is 6.89. The molecule has 0 saturated carbocycles. The first-order chi connectivity index (χ1) is 10.8. The topological polar surface area (TPSA) is 71.3 Å². The van der Waals surface area contributed by atoms with Crippen molar-refractivity contribution >= 4 is 23.5 Å². The second kappa shape index (κ2) is 6.83. The molecule has 0 aliphatic rings. The van der Waals surface area contributed by atoms with Crippen LogP contribution in [0.25, 0.3) is 5.69 Å². The van der Waals surface area contributed by atoms with E-state index in [1.54, 1.807) is 25.1 Å². The highest BCUT2D eigenvalue weighted by Crippen LogP contribution is 2.22. The summed E-state index contributed by atoms with van der Waals surface area (Å²) in [5.74, 6) is -2.03. The average molecular weight is 339 g/mol. The largest absolute Gasteiger partial charge is 0.480 e. The Morgan fingerprint density at radius 3 is 2.43 bits per heavy atom. The van der Waals surface area contributed by atoms with E-state index in [-0.39, 0.29) is 0 Å². The fourth-order valence-electron chi connectivity index (χ4n) is 2.38. The SMILES string of the molecule is Cc1cc(C(=O)NC(CF)C(=O)O)c(C)n1-c1ccc(Cl)cc1. The number of carbonyl (C=O) groups excluding carboxylic acids is 1. The normalized spacial score (nSPS) is 12.0. The fraction of sp³-hybridized carbons (Fsp3) is 0.250. The van der Waals surface area contributed by atoms with Crippen molar-refractivity contribution in [3.8, 4) is 5.69 Å². The molecule has 1 atom stereocenters. The minimum Gasteiger partial charge on any atom is -0.480 e. The molecule has 0 aliphatic carbocycles. The molecule has 0 radical (unpaired) electrons. The fourth-order valence-corrected chi connectivity index (χ4v) is 2.51. The van der Waals surface area contributed by atoms with E-state index in [2.05, 4.69) is 5.32 Å². The number of amides is 1. The second-order valence-corrected chi connectivity index (χ2v) is 5.55. The number of hydrogen-bond donors (Lipinski definition) is 2. The standard InChI is InChI=1S/C16H16ClFN2O3/c1-9-7-13(15(21)19-14(8-18)16(22)23)10(2)20(9)12-5-3-11(17)4-6-12/h3-7,14H,8H2,1-2H3,(H,19,21)(H,22,23). The van der Waals surface area contributed by atoms with Crippen LogP contribution in [0, 0.1) is 13.8 Å². The smallest absolute Gasteiger partial charge is 0.328 e. The van der Waals surface area contributed by atoms with E-state index in [1.165, 1.54) is 0 Å². The molecule has 0 fully saturated rings. The van der Waals surface area contributed by atoms with Crippen LogP contribution in [-0.4, -0.2) is 34.3 Å². The summed E-state index contributed by atoms with van der Waals surface area (Å²) >= 11 is 5.87. The third-order valence-corrected chi connectivity index (χ3v) is 3.77. The maximum Gasteiger partial charge on any atom is 0.328 e. The number of hydrogen-bond acceptors (Lipinski definition) is 2. The molecule has 1 aromatic heterocycles. The van der Waals surface area contributed by atoms with Gasteiger partial charge in [0.1, 0.15) is 6.67 Å². The summed E-state index contributed by atoms with van der Waals surface area (Å²) in [6, 6.07) is 7.17. The molecule has 7 heteroatoms. The summed E-state index contributed by atoms with van der Waals surface area (Å²) < 4.78 is 14.5. The number of halogens is 2. The van der Waals surface area contributed by atoms with E-state index in [0.717, 1.165) is 11.4 Å². The molecule has 5 nitrogen and oxygen atoms in total. The lowest BCUT2D eigenvalue weighted by Crippen LogP contribution is -2.42. The van der Waals surface area contributed by atoms with Crippen molar-refractivity contribution in [3.63, 3.8) is 0 Å². The van der Waals surface area contributed by atoms with Gasteiger partial charge in [0.05, 0.1) is 5.56 Å². The van der Waals surface area contributed by atoms with Gasteiger partial charge in [-0.2, -0.15) is 0 Å². The molecule has 0 saturated heterocycles. The monoisotopic (exact) mass is 338 g/mol. The van der Waals surface area contributed by atoms with Gasteiger partial charge in [-0.15, -0.1) is 0 Å². The van der Waals surface area contributed by atoms with E-state index < -0.39 is 24.6 Å². The molecule has 2 N–H and O–H groups in total. The van der Waals surface area contributed by atoms with E-state index in [1.807, 2.05) is 23.6 Å². The van der Waals surface area contributed by atoms with Crippen LogP contribution < -0.4 is 5.32 Å². The Kier molecular flexibility index (Phi) is 5.05. The first kappa shape index (κ1) is 17.0. The van der Waals surface area contributed by atoms with Crippen LogP contribution >= 0.6 is 11.6 Å². The number of carbonyl (C=O) groups is 2. The Balaban J connectivity index is 2.35. The van der Waals surface area contributed by atoms with Crippen molar-refractivity contribution in [3.05, 3.63) is 52.3 Å². The number of aromatic nitrogens is 1. The number of aryl methyl sites for hydroxylation is 1. The van der Waals surface area contributed by atoms with Crippen LogP contribution in [0.3, 0.4) is 0 Å². The summed E-state index contributed by atoms with van der Waals surface area (Å²) in [5, 5.41) is 11.6. The summed E-state index contributed by atoms with van der Waals surface area (Å²) in [5.41, 5.74) is 2.55. The van der Waals surface area contributed by atoms with Gasteiger partial charge >= 0.3 is 5.97 Å². The lowest BCUT2D eigenvalue weighted by molar-refractivity contribution is -0.139. The molecule has 2 aromatic rings. The van der Waals surface area contributed by atoms with Gasteiger partial charge in [0, 0.05) is 22.1 Å². The highest BCUT2D eigenvalue weighted by molar-refractivity contribution is 6.30. The Bertz CT molecular complexity index is 741. The highest BCUT2D eigenvalue weighted by atomic mass is 35.5. The molecular weight excluding hydrogens is 323 g/mol. The Morgan fingerprint density at radius 1 is 1.30 bits per heavy atom. The van der Waals surface area contributed by atoms with Crippen molar-refractivity contribution in [1.82, 2.24) is 9.88 Å². The van der Waals surface area contributed by atoms with Gasteiger partial charge in [-0.05, 0) is 44.2 Å². The van der Waals surface area contributed by atoms with Gasteiger partial charge in [0.2, 0.25) is 0 Å². The number of alkyl halides is 1. The zero-order chi connectivity index (χ0) is 17.1. The molecule has 1 amide bonds. The van der Waals surface area contributed by atoms with Gasteiger partial charge in [-0.3, -0.25) is 4.79 Å². The van der Waals surface area contributed by atoms with Crippen LogP contribution in [0.5, 0.6) is 0 Å². The minimum absolute atomic E-state index is 0.303. The van der Waals surface area contributed by atoms with Crippen molar-refractivity contribution in [2.24, 2.45) is 0 Å². The predicted molar refractivity (Wildman–Crippen MR) is 85.1 cm³/mol. The van der Waals surface area contributed by atoms with Gasteiger partial charge in [-0.25, -0.2) is 9.18 Å². The minimum atomic E-state index is -1.55. The molecule has 0 bridgehead atoms. The van der Waals surface area contributed by atoms with E-state index in [0.29, 0.717) is 16.3 Å². The zero-order valence-corrected chi connectivity index (χ0v) is 13.4. The molecule has 0 aliphatic heterocycles. The summed E-state index contributed by atoms with van der Waals surface area (Å²) in [7, 11) is 0. The number of rotatable bonds is 5. The van der Waals surface area contributed by atoms with E-state index in [4.69, 9.17) is 16.7 Å². The molecular formula is C16H16ClFN2O3. The van der Waals surface area contributed by atoms with Gasteiger partial charge in [-0.1, -0.05) is 11.6 Å².